The lowest BCUT2D eigenvalue weighted by molar-refractivity contribution is -0.221. The van der Waals surface area contributed by atoms with E-state index >= 15 is 0 Å². The summed E-state index contributed by atoms with van der Waals surface area (Å²) >= 11 is 0. The van der Waals surface area contributed by atoms with Crippen LogP contribution < -0.4 is 10.6 Å². The smallest absolute Gasteiger partial charge is 0.408 e. The Balaban J connectivity index is 1.34. The van der Waals surface area contributed by atoms with E-state index in [1.54, 1.807) is 55.4 Å². The molecule has 1 saturated heterocycles. The van der Waals surface area contributed by atoms with Crippen molar-refractivity contribution in [2.75, 3.05) is 0 Å². The zero-order valence-corrected chi connectivity index (χ0v) is 40.9. The van der Waals surface area contributed by atoms with Gasteiger partial charge in [0.05, 0.1) is 23.9 Å². The molecule has 6 rings (SSSR count). The molecule has 6 fully saturated rings. The lowest BCUT2D eigenvalue weighted by atomic mass is 9.41. The summed E-state index contributed by atoms with van der Waals surface area (Å²) < 4.78 is 31.0. The molecule has 1 aliphatic heterocycles. The van der Waals surface area contributed by atoms with Gasteiger partial charge in [-0.3, -0.25) is 0 Å². The van der Waals surface area contributed by atoms with Crippen LogP contribution >= 0.6 is 0 Å². The molecule has 5 aliphatic carbocycles. The van der Waals surface area contributed by atoms with E-state index in [9.17, 15) is 29.4 Å². The van der Waals surface area contributed by atoms with Crippen molar-refractivity contribution in [3.63, 3.8) is 0 Å². The molecule has 14 atom stereocenters. The monoisotopic (exact) mass is 875 g/mol. The molecular weight excluding hydrogens is 793 g/mol. The second kappa shape index (κ2) is 16.1. The van der Waals surface area contributed by atoms with Crippen LogP contribution in [-0.2, 0) is 33.3 Å². The Labute approximate surface area is 371 Å². The first-order chi connectivity index (χ1) is 28.2. The van der Waals surface area contributed by atoms with E-state index in [1.165, 1.54) is 0 Å². The van der Waals surface area contributed by atoms with E-state index < -0.39 is 76.7 Å². The van der Waals surface area contributed by atoms with E-state index in [1.807, 2.05) is 27.7 Å². The Kier molecular flexibility index (Phi) is 12.6. The standard InChI is InChI=1S/C49H82N2O11/c1-26(2)35(50-40(55)61-42(5,6)7)38(53)59-30-23-31-47(16)24-28(52)34(29-17-18-33(58-29)45(13,14)57)46(47,15)21-22-48(31)25-49(48)20-19-32(44(11,12)37(30)49)60-39(54)36(27(3)4)51-41(56)62-43(8,9)10/h26-37,52,57H,17-25H2,1-16H3,(H,50,55)(H,51,56)/t28-,29?,30-,31?,32-,33-,34+,35-,36-,37-,46+,47-,48?,49+/m0/s1. The molecule has 0 aromatic carbocycles. The van der Waals surface area contributed by atoms with Crippen molar-refractivity contribution in [2.45, 2.75) is 228 Å². The fourth-order valence-electron chi connectivity index (χ4n) is 14.2. The van der Waals surface area contributed by atoms with Gasteiger partial charge in [0.1, 0.15) is 35.5 Å². The van der Waals surface area contributed by atoms with Crippen LogP contribution in [0.15, 0.2) is 0 Å². The number of ether oxygens (including phenoxy) is 5. The summed E-state index contributed by atoms with van der Waals surface area (Å²) in [5.74, 6) is -1.80. The summed E-state index contributed by atoms with van der Waals surface area (Å²) in [5, 5.41) is 28.6. The third kappa shape index (κ3) is 8.51. The average molecular weight is 875 g/mol. The number of aliphatic hydroxyl groups excluding tert-OH is 1. The molecule has 354 valence electrons. The van der Waals surface area contributed by atoms with Crippen LogP contribution in [0.5, 0.6) is 0 Å². The third-order valence-electron chi connectivity index (χ3n) is 17.0. The van der Waals surface area contributed by atoms with E-state index in [4.69, 9.17) is 23.7 Å². The van der Waals surface area contributed by atoms with Gasteiger partial charge in [0.25, 0.3) is 0 Å². The first kappa shape index (κ1) is 48.8. The van der Waals surface area contributed by atoms with Crippen LogP contribution in [0, 0.1) is 56.7 Å². The van der Waals surface area contributed by atoms with Gasteiger partial charge < -0.3 is 44.5 Å². The van der Waals surface area contributed by atoms with Crippen molar-refractivity contribution in [1.82, 2.24) is 10.6 Å². The number of hydrogen-bond acceptors (Lipinski definition) is 11. The highest BCUT2D eigenvalue weighted by atomic mass is 16.6. The molecule has 2 amide bonds. The first-order valence-electron chi connectivity index (χ1n) is 23.7. The summed E-state index contributed by atoms with van der Waals surface area (Å²) in [5.41, 5.74) is -4.01. The average Bonchev–Trinajstić information content (AvgIpc) is 3.35. The van der Waals surface area contributed by atoms with Crippen LogP contribution in [0.1, 0.15) is 169 Å². The number of alkyl carbamates (subject to hydrolysis) is 2. The summed E-state index contributed by atoms with van der Waals surface area (Å²) in [7, 11) is 0. The highest BCUT2D eigenvalue weighted by Crippen LogP contribution is 2.89. The summed E-state index contributed by atoms with van der Waals surface area (Å²) in [4.78, 5) is 54.7. The molecule has 4 N–H and O–H groups in total. The van der Waals surface area contributed by atoms with Gasteiger partial charge in [-0.1, -0.05) is 55.4 Å². The van der Waals surface area contributed by atoms with Crippen LogP contribution in [0.25, 0.3) is 0 Å². The largest absolute Gasteiger partial charge is 0.460 e. The molecule has 6 aliphatic rings. The van der Waals surface area contributed by atoms with Crippen LogP contribution in [-0.4, -0.2) is 93.7 Å². The Bertz CT molecular complexity index is 1730. The lowest BCUT2D eigenvalue weighted by Crippen LogP contribution is -2.63. The molecule has 0 bridgehead atoms. The number of esters is 2. The topological polar surface area (TPSA) is 179 Å². The number of carbonyl (C=O) groups is 4. The Morgan fingerprint density at radius 3 is 1.73 bits per heavy atom. The molecule has 13 nitrogen and oxygen atoms in total. The minimum absolute atomic E-state index is 0.0627. The van der Waals surface area contributed by atoms with Crippen molar-refractivity contribution >= 4 is 24.1 Å². The SMILES string of the molecule is CC(C)[C@H](NC(=O)OC(C)(C)C)C(=O)O[C@H]1CC2C3(CC[C@]4(C)[C@@H](C5CC[C@@H](C(C)(C)O)O5)[C@@H](O)C[C@@]24C)C[C@@]32CC[C@H](OC(=O)[C@@H](NC(=O)OC(C)(C)C)C(C)C)C(C)(C)[C@H]12. The number of fused-ring (bicyclic) bond motifs is 2. The van der Waals surface area contributed by atoms with Crippen molar-refractivity contribution in [1.29, 1.82) is 0 Å². The summed E-state index contributed by atoms with van der Waals surface area (Å²) in [6, 6.07) is -1.90. The first-order valence-corrected chi connectivity index (χ1v) is 23.7. The second-order valence-corrected chi connectivity index (χ2v) is 24.8. The maximum atomic E-state index is 14.6. The molecule has 13 heteroatoms. The summed E-state index contributed by atoms with van der Waals surface area (Å²) in [6.45, 7) is 30.7. The molecule has 2 spiro atoms. The highest BCUT2D eigenvalue weighted by Gasteiger charge is 2.85. The molecular formula is C49H82N2O11. The maximum absolute atomic E-state index is 14.6. The van der Waals surface area contributed by atoms with Gasteiger partial charge in [0.15, 0.2) is 0 Å². The van der Waals surface area contributed by atoms with Gasteiger partial charge in [-0.05, 0) is 153 Å². The highest BCUT2D eigenvalue weighted by molar-refractivity contribution is 5.82. The molecule has 0 aromatic rings. The van der Waals surface area contributed by atoms with E-state index in [0.29, 0.717) is 19.3 Å². The molecule has 0 aromatic heterocycles. The number of aliphatic hydroxyl groups is 2. The van der Waals surface area contributed by atoms with Crippen molar-refractivity contribution in [3.05, 3.63) is 0 Å². The number of rotatable bonds is 10. The molecule has 0 radical (unpaired) electrons. The van der Waals surface area contributed by atoms with Crippen molar-refractivity contribution in [3.8, 4) is 0 Å². The van der Waals surface area contributed by atoms with E-state index in [2.05, 4.69) is 38.3 Å². The Hall–Kier alpha value is -2.64. The fourth-order valence-corrected chi connectivity index (χ4v) is 14.2. The molecule has 5 saturated carbocycles. The molecule has 1 heterocycles. The fraction of sp³-hybridized carbons (Fsp3) is 0.918. The van der Waals surface area contributed by atoms with Crippen molar-refractivity contribution < 1.29 is 53.1 Å². The minimum atomic E-state index is -0.981. The normalized spacial score (nSPS) is 39.6. The molecule has 62 heavy (non-hydrogen) atoms. The third-order valence-corrected chi connectivity index (χ3v) is 17.0. The van der Waals surface area contributed by atoms with Gasteiger partial charge in [0, 0.05) is 17.3 Å². The number of amides is 2. The van der Waals surface area contributed by atoms with Gasteiger partial charge in [-0.15, -0.1) is 0 Å². The van der Waals surface area contributed by atoms with Gasteiger partial charge in [-0.2, -0.15) is 0 Å². The number of nitrogens with one attached hydrogen (secondary N) is 2. The van der Waals surface area contributed by atoms with E-state index in [-0.39, 0.29) is 63.5 Å². The van der Waals surface area contributed by atoms with Crippen molar-refractivity contribution in [2.24, 2.45) is 56.7 Å². The predicted molar refractivity (Wildman–Crippen MR) is 234 cm³/mol. The van der Waals surface area contributed by atoms with Crippen LogP contribution in [0.3, 0.4) is 0 Å². The minimum Gasteiger partial charge on any atom is -0.460 e. The quantitative estimate of drug-likeness (QED) is 0.123. The number of carbonyl (C=O) groups excluding carboxylic acids is 4. The second-order valence-electron chi connectivity index (χ2n) is 24.8. The van der Waals surface area contributed by atoms with Gasteiger partial charge >= 0.3 is 24.1 Å². The van der Waals surface area contributed by atoms with Gasteiger partial charge in [-0.25, -0.2) is 19.2 Å². The van der Waals surface area contributed by atoms with Crippen LogP contribution in [0.2, 0.25) is 0 Å². The maximum Gasteiger partial charge on any atom is 0.408 e. The molecule has 3 unspecified atom stereocenters. The van der Waals surface area contributed by atoms with Crippen LogP contribution in [0.4, 0.5) is 9.59 Å². The van der Waals surface area contributed by atoms with E-state index in [0.717, 1.165) is 38.5 Å². The predicted octanol–water partition coefficient (Wildman–Crippen LogP) is 8.25. The Morgan fingerprint density at radius 2 is 1.24 bits per heavy atom. The zero-order valence-electron chi connectivity index (χ0n) is 40.9. The Morgan fingerprint density at radius 1 is 0.710 bits per heavy atom. The number of hydrogen-bond donors (Lipinski definition) is 4. The zero-order chi connectivity index (χ0) is 46.6. The van der Waals surface area contributed by atoms with Gasteiger partial charge in [0.2, 0.25) is 0 Å². The lowest BCUT2D eigenvalue weighted by Gasteiger charge is -2.64. The summed E-state index contributed by atoms with van der Waals surface area (Å²) in [6.07, 6.45) is 3.39.